The molecule has 3 N–H and O–H groups in total. The summed E-state index contributed by atoms with van der Waals surface area (Å²) in [6.07, 6.45) is 76.7. The molecule has 0 saturated carbocycles. The van der Waals surface area contributed by atoms with Gasteiger partial charge in [0.25, 0.3) is 0 Å². The van der Waals surface area contributed by atoms with Gasteiger partial charge in [-0.1, -0.05) is 245 Å². The Balaban J connectivity index is 3.85. The molecular weight excluding hydrogens is 900 g/mol. The summed E-state index contributed by atoms with van der Waals surface area (Å²) in [5.74, 6) is -0.192. The molecule has 408 valence electrons. The number of nitrogens with one attached hydrogen (secondary N) is 1. The zero-order chi connectivity index (χ0) is 52.0. The Bertz CT molecular complexity index is 1520. The lowest BCUT2D eigenvalue weighted by Gasteiger charge is -2.25. The summed E-state index contributed by atoms with van der Waals surface area (Å²) in [5.41, 5.74) is 0. The van der Waals surface area contributed by atoms with E-state index in [0.29, 0.717) is 17.4 Å². The van der Waals surface area contributed by atoms with E-state index >= 15 is 0 Å². The number of quaternary nitrogens is 1. The smallest absolute Gasteiger partial charge is 0.387 e. The molecule has 0 saturated heterocycles. The lowest BCUT2D eigenvalue weighted by atomic mass is 10.0. The molecule has 0 fully saturated rings. The first-order valence-electron chi connectivity index (χ1n) is 28.8. The SMILES string of the molecule is CC/C=C\C/C=C\C/C=C\C/C=C\C/C=C\C/C=C\C/C=C\CCCCCCCCCCCCCCCCCCCCCC(=O)NC(COP(=O)(O)OCC[N+](C)(C)C)C(O)/C=C/CC/C=C/CCCC. The second kappa shape index (κ2) is 52.0. The fourth-order valence-electron chi connectivity index (χ4n) is 7.73. The second-order valence-electron chi connectivity index (χ2n) is 20.3. The first-order valence-corrected chi connectivity index (χ1v) is 30.3. The van der Waals surface area contributed by atoms with Crippen LogP contribution in [0.3, 0.4) is 0 Å². The number of likely N-dealkylation sites (N-methyl/N-ethyl adjacent to an activating group) is 1. The molecular formula is C62H110N2O6P+. The van der Waals surface area contributed by atoms with Gasteiger partial charge in [0.2, 0.25) is 5.91 Å². The van der Waals surface area contributed by atoms with Crippen molar-refractivity contribution in [2.24, 2.45) is 0 Å². The molecule has 0 rings (SSSR count). The lowest BCUT2D eigenvalue weighted by molar-refractivity contribution is -0.870. The van der Waals surface area contributed by atoms with Gasteiger partial charge < -0.3 is 19.8 Å². The van der Waals surface area contributed by atoms with Crippen molar-refractivity contribution in [2.45, 2.75) is 238 Å². The van der Waals surface area contributed by atoms with E-state index in [-0.39, 0.29) is 19.1 Å². The van der Waals surface area contributed by atoms with Gasteiger partial charge in [-0.25, -0.2) is 4.57 Å². The van der Waals surface area contributed by atoms with Crippen molar-refractivity contribution in [2.75, 3.05) is 40.9 Å². The number of carbonyl (C=O) groups excluding carboxylic acids is 1. The predicted octanol–water partition coefficient (Wildman–Crippen LogP) is 17.6. The van der Waals surface area contributed by atoms with Gasteiger partial charge in [0.1, 0.15) is 13.2 Å². The molecule has 0 aliphatic heterocycles. The Morgan fingerprint density at radius 2 is 0.859 bits per heavy atom. The van der Waals surface area contributed by atoms with Crippen molar-refractivity contribution in [3.8, 4) is 0 Å². The largest absolute Gasteiger partial charge is 0.472 e. The summed E-state index contributed by atoms with van der Waals surface area (Å²) in [6, 6.07) is -0.864. The molecule has 3 atom stereocenters. The number of hydrogen-bond acceptors (Lipinski definition) is 5. The summed E-state index contributed by atoms with van der Waals surface area (Å²) in [6.45, 7) is 4.59. The molecule has 8 nitrogen and oxygen atoms in total. The molecule has 0 heterocycles. The van der Waals surface area contributed by atoms with E-state index in [1.54, 1.807) is 6.08 Å². The fraction of sp³-hybridized carbons (Fsp3) is 0.694. The van der Waals surface area contributed by atoms with Gasteiger partial charge in [-0.05, 0) is 83.5 Å². The van der Waals surface area contributed by atoms with Crippen molar-refractivity contribution >= 4 is 13.7 Å². The Kier molecular flexibility index (Phi) is 50.0. The first-order chi connectivity index (χ1) is 34.5. The number of phosphoric acid groups is 1. The molecule has 0 aromatic rings. The zero-order valence-electron chi connectivity index (χ0n) is 46.4. The maximum atomic E-state index is 12.9. The number of rotatable bonds is 51. The quantitative estimate of drug-likeness (QED) is 0.0243. The van der Waals surface area contributed by atoms with Crippen LogP contribution in [-0.2, 0) is 18.4 Å². The maximum Gasteiger partial charge on any atom is 0.472 e. The Morgan fingerprint density at radius 3 is 1.30 bits per heavy atom. The molecule has 3 unspecified atom stereocenters. The van der Waals surface area contributed by atoms with Crippen LogP contribution in [0.4, 0.5) is 0 Å². The first kappa shape index (κ1) is 68.2. The minimum atomic E-state index is -4.35. The van der Waals surface area contributed by atoms with E-state index in [1.165, 1.54) is 122 Å². The average Bonchev–Trinajstić information content (AvgIpc) is 3.33. The molecule has 0 aromatic carbocycles. The minimum Gasteiger partial charge on any atom is -0.387 e. The predicted molar refractivity (Wildman–Crippen MR) is 309 cm³/mol. The normalized spacial score (nSPS) is 14.7. The third-order valence-corrected chi connectivity index (χ3v) is 13.2. The standard InChI is InChI=1S/C62H109N2O6P/c1-6-8-10-12-14-16-17-18-19-20-21-22-23-24-25-26-27-28-29-30-31-32-33-34-35-36-37-38-39-40-41-42-43-44-45-46-47-48-50-52-54-56-62(66)63-60(59-70-71(67,68)69-58-57-64(3,4)5)61(65)55-53-51-49-15-13-11-9-7-2/h8,10,13-16,18-19,21-22,24-25,27-28,30-31,53,55,60-61,65H,6-7,9,11-12,17,20,23,26,29,32-52,54,56-59H2,1-5H3,(H-,63,66,67,68)/p+1/b10-8-,15-13+,16-14-,19-18-,22-21-,25-24-,28-27-,31-30-,55-53+. The average molecular weight is 1010 g/mol. The van der Waals surface area contributed by atoms with Crippen molar-refractivity contribution in [1.82, 2.24) is 5.32 Å². The minimum absolute atomic E-state index is 0.0531. The van der Waals surface area contributed by atoms with Crippen LogP contribution < -0.4 is 5.32 Å². The summed E-state index contributed by atoms with van der Waals surface area (Å²) in [4.78, 5) is 23.1. The van der Waals surface area contributed by atoms with E-state index in [1.807, 2.05) is 27.2 Å². The van der Waals surface area contributed by atoms with Crippen LogP contribution >= 0.6 is 7.82 Å². The number of hydrogen-bond donors (Lipinski definition) is 3. The van der Waals surface area contributed by atoms with Gasteiger partial charge in [-0.2, -0.15) is 0 Å². The van der Waals surface area contributed by atoms with E-state index in [2.05, 4.69) is 116 Å². The Hall–Kier alpha value is -2.84. The van der Waals surface area contributed by atoms with Crippen LogP contribution in [-0.4, -0.2) is 73.4 Å². The molecule has 0 aliphatic carbocycles. The van der Waals surface area contributed by atoms with Crippen LogP contribution in [0.1, 0.15) is 226 Å². The van der Waals surface area contributed by atoms with Crippen molar-refractivity contribution < 1.29 is 32.9 Å². The lowest BCUT2D eigenvalue weighted by Crippen LogP contribution is -2.45. The highest BCUT2D eigenvalue weighted by Crippen LogP contribution is 2.43. The maximum absolute atomic E-state index is 12.9. The van der Waals surface area contributed by atoms with Gasteiger partial charge in [0.15, 0.2) is 0 Å². The summed E-state index contributed by atoms with van der Waals surface area (Å²) < 4.78 is 23.5. The van der Waals surface area contributed by atoms with Crippen LogP contribution in [0.5, 0.6) is 0 Å². The molecule has 0 spiro atoms. The molecule has 0 radical (unpaired) electrons. The summed E-state index contributed by atoms with van der Waals surface area (Å²) >= 11 is 0. The third kappa shape index (κ3) is 54.8. The van der Waals surface area contributed by atoms with Crippen LogP contribution in [0.25, 0.3) is 0 Å². The van der Waals surface area contributed by atoms with Crippen LogP contribution in [0, 0.1) is 0 Å². The number of nitrogens with zero attached hydrogens (tertiary/aromatic N) is 1. The van der Waals surface area contributed by atoms with Crippen molar-refractivity contribution in [1.29, 1.82) is 0 Å². The number of phosphoric ester groups is 1. The van der Waals surface area contributed by atoms with Gasteiger partial charge >= 0.3 is 7.82 Å². The monoisotopic (exact) mass is 1010 g/mol. The number of allylic oxidation sites excluding steroid dienone is 17. The zero-order valence-corrected chi connectivity index (χ0v) is 47.3. The molecule has 9 heteroatoms. The summed E-state index contributed by atoms with van der Waals surface area (Å²) in [7, 11) is 1.55. The Morgan fingerprint density at radius 1 is 0.493 bits per heavy atom. The highest BCUT2D eigenvalue weighted by molar-refractivity contribution is 7.47. The van der Waals surface area contributed by atoms with Crippen LogP contribution in [0.2, 0.25) is 0 Å². The van der Waals surface area contributed by atoms with Crippen molar-refractivity contribution in [3.63, 3.8) is 0 Å². The second-order valence-corrected chi connectivity index (χ2v) is 21.7. The third-order valence-electron chi connectivity index (χ3n) is 12.2. The molecule has 0 aliphatic rings. The number of amides is 1. The molecule has 0 bridgehead atoms. The van der Waals surface area contributed by atoms with Crippen LogP contribution in [0.15, 0.2) is 109 Å². The van der Waals surface area contributed by atoms with E-state index in [0.717, 1.165) is 83.5 Å². The molecule has 71 heavy (non-hydrogen) atoms. The fourth-order valence-corrected chi connectivity index (χ4v) is 8.47. The van der Waals surface area contributed by atoms with E-state index in [4.69, 9.17) is 9.05 Å². The summed E-state index contributed by atoms with van der Waals surface area (Å²) in [5, 5.41) is 13.8. The van der Waals surface area contributed by atoms with E-state index in [9.17, 15) is 19.4 Å². The van der Waals surface area contributed by atoms with Gasteiger partial charge in [-0.3, -0.25) is 13.8 Å². The molecule has 1 amide bonds. The highest BCUT2D eigenvalue weighted by atomic mass is 31.2. The van der Waals surface area contributed by atoms with E-state index < -0.39 is 20.0 Å². The molecule has 0 aromatic heterocycles. The van der Waals surface area contributed by atoms with Gasteiger partial charge in [0.05, 0.1) is 39.9 Å². The number of aliphatic hydroxyl groups excluding tert-OH is 1. The number of unbranched alkanes of at least 4 members (excludes halogenated alkanes) is 22. The highest BCUT2D eigenvalue weighted by Gasteiger charge is 2.27. The van der Waals surface area contributed by atoms with Crippen molar-refractivity contribution in [3.05, 3.63) is 109 Å². The topological polar surface area (TPSA) is 105 Å². The number of carbonyl (C=O) groups is 1. The van der Waals surface area contributed by atoms with Gasteiger partial charge in [-0.15, -0.1) is 0 Å². The number of aliphatic hydroxyl groups is 1. The van der Waals surface area contributed by atoms with Gasteiger partial charge in [0, 0.05) is 6.42 Å². The Labute approximate surface area is 438 Å².